The molecule has 2 aliphatic rings. The molecule has 4 atom stereocenters. The van der Waals surface area contributed by atoms with Crippen LogP contribution in [-0.2, 0) is 19.1 Å². The lowest BCUT2D eigenvalue weighted by molar-refractivity contribution is -0.165. The number of hydrogen-bond acceptors (Lipinski definition) is 6. The Bertz CT molecular complexity index is 1350. The average molecular weight is 524 g/mol. The Labute approximate surface area is 225 Å². The van der Waals surface area contributed by atoms with E-state index in [0.29, 0.717) is 16.9 Å². The first-order chi connectivity index (χ1) is 18.5. The zero-order valence-corrected chi connectivity index (χ0v) is 21.2. The van der Waals surface area contributed by atoms with Crippen molar-refractivity contribution < 1.29 is 19.1 Å². The monoisotopic (exact) mass is 523 g/mol. The standard InChI is InChI=1S/C30H25N3O4S/c1-19-18-38-29-24(32-27(34)23(17-31)20-11-5-2-6-12-20)28(35)33(29)25(19)30(36)37-26(21-13-7-3-8-14-21)22-15-9-4-10-16-22/h2-16,23-26,29H,1,18H2,(H,32,34)/t23?,24-,25-,29+/m1/s1. The Morgan fingerprint density at radius 2 is 1.47 bits per heavy atom. The van der Waals surface area contributed by atoms with Crippen LogP contribution in [0.25, 0.3) is 0 Å². The number of fused-ring (bicyclic) bond motifs is 1. The normalized spacial score (nSPS) is 21.1. The summed E-state index contributed by atoms with van der Waals surface area (Å²) >= 11 is 1.42. The van der Waals surface area contributed by atoms with E-state index in [4.69, 9.17) is 4.74 Å². The highest BCUT2D eigenvalue weighted by atomic mass is 32.2. The van der Waals surface area contributed by atoms with E-state index in [2.05, 4.69) is 11.9 Å². The van der Waals surface area contributed by atoms with E-state index >= 15 is 0 Å². The lowest BCUT2D eigenvalue weighted by Crippen LogP contribution is -2.74. The second-order valence-electron chi connectivity index (χ2n) is 9.11. The van der Waals surface area contributed by atoms with Gasteiger partial charge in [0, 0.05) is 5.75 Å². The lowest BCUT2D eigenvalue weighted by Gasteiger charge is -2.53. The van der Waals surface area contributed by atoms with Crippen LogP contribution < -0.4 is 5.32 Å². The summed E-state index contributed by atoms with van der Waals surface area (Å²) < 4.78 is 6.03. The summed E-state index contributed by atoms with van der Waals surface area (Å²) in [7, 11) is 0. The molecule has 1 unspecified atom stereocenters. The molecule has 0 radical (unpaired) electrons. The van der Waals surface area contributed by atoms with Crippen molar-refractivity contribution in [3.8, 4) is 6.07 Å². The summed E-state index contributed by atoms with van der Waals surface area (Å²) in [6, 6.07) is 27.7. The third-order valence-corrected chi connectivity index (χ3v) is 8.05. The molecule has 2 fully saturated rings. The minimum absolute atomic E-state index is 0.403. The molecule has 0 spiro atoms. The van der Waals surface area contributed by atoms with Crippen LogP contribution in [0.15, 0.2) is 103 Å². The highest BCUT2D eigenvalue weighted by Crippen LogP contribution is 2.41. The lowest BCUT2D eigenvalue weighted by atomic mass is 9.95. The van der Waals surface area contributed by atoms with Gasteiger partial charge < -0.3 is 15.0 Å². The number of nitrogens with zero attached hydrogens (tertiary/aromatic N) is 2. The number of nitrogens with one attached hydrogen (secondary N) is 1. The van der Waals surface area contributed by atoms with Gasteiger partial charge in [0.15, 0.2) is 12.1 Å². The van der Waals surface area contributed by atoms with E-state index in [1.54, 1.807) is 30.3 Å². The van der Waals surface area contributed by atoms with Crippen LogP contribution in [0.2, 0.25) is 0 Å². The molecule has 0 aliphatic carbocycles. The molecule has 2 amide bonds. The fraction of sp³-hybridized carbons (Fsp3) is 0.200. The summed E-state index contributed by atoms with van der Waals surface area (Å²) in [5, 5.41) is 11.9. The third kappa shape index (κ3) is 4.81. The van der Waals surface area contributed by atoms with Gasteiger partial charge in [-0.25, -0.2) is 4.79 Å². The van der Waals surface area contributed by atoms with Crippen LogP contribution in [0.3, 0.4) is 0 Å². The van der Waals surface area contributed by atoms with E-state index in [-0.39, 0.29) is 0 Å². The van der Waals surface area contributed by atoms with Gasteiger partial charge in [-0.1, -0.05) is 97.6 Å². The van der Waals surface area contributed by atoms with Crippen molar-refractivity contribution in [2.45, 2.75) is 29.5 Å². The van der Waals surface area contributed by atoms with Crippen molar-refractivity contribution >= 4 is 29.5 Å². The summed E-state index contributed by atoms with van der Waals surface area (Å²) in [5.41, 5.74) is 2.73. The highest BCUT2D eigenvalue weighted by Gasteiger charge is 2.57. The van der Waals surface area contributed by atoms with Crippen molar-refractivity contribution in [2.75, 3.05) is 5.75 Å². The number of esters is 1. The van der Waals surface area contributed by atoms with Crippen molar-refractivity contribution in [1.82, 2.24) is 10.2 Å². The Morgan fingerprint density at radius 3 is 2.00 bits per heavy atom. The number of thioether (sulfide) groups is 1. The molecule has 1 N–H and O–H groups in total. The van der Waals surface area contributed by atoms with Crippen molar-refractivity contribution in [3.05, 3.63) is 120 Å². The maximum atomic E-state index is 13.6. The van der Waals surface area contributed by atoms with E-state index in [0.717, 1.165) is 11.1 Å². The van der Waals surface area contributed by atoms with Crippen LogP contribution in [0.5, 0.6) is 0 Å². The van der Waals surface area contributed by atoms with Crippen LogP contribution in [0.4, 0.5) is 0 Å². The zero-order chi connectivity index (χ0) is 26.6. The van der Waals surface area contributed by atoms with Gasteiger partial charge in [0.05, 0.1) is 6.07 Å². The van der Waals surface area contributed by atoms with Gasteiger partial charge in [0.2, 0.25) is 11.8 Å². The van der Waals surface area contributed by atoms with Crippen LogP contribution in [0, 0.1) is 11.3 Å². The number of carbonyl (C=O) groups excluding carboxylic acids is 3. The first-order valence-electron chi connectivity index (χ1n) is 12.2. The number of nitriles is 1. The van der Waals surface area contributed by atoms with Crippen LogP contribution in [0.1, 0.15) is 28.7 Å². The van der Waals surface area contributed by atoms with Gasteiger partial charge in [-0.15, -0.1) is 11.8 Å². The molecule has 5 rings (SSSR count). The average Bonchev–Trinajstić information content (AvgIpc) is 2.96. The van der Waals surface area contributed by atoms with Crippen LogP contribution in [-0.4, -0.2) is 45.9 Å². The Kier molecular flexibility index (Phi) is 7.29. The van der Waals surface area contributed by atoms with Gasteiger partial charge in [-0.2, -0.15) is 5.26 Å². The second-order valence-corrected chi connectivity index (χ2v) is 10.2. The number of benzene rings is 3. The van der Waals surface area contributed by atoms with Crippen molar-refractivity contribution in [3.63, 3.8) is 0 Å². The molecule has 8 heteroatoms. The smallest absolute Gasteiger partial charge is 0.334 e. The summed E-state index contributed by atoms with van der Waals surface area (Å²) in [4.78, 5) is 41.1. The van der Waals surface area contributed by atoms with Gasteiger partial charge in [0.25, 0.3) is 0 Å². The molecule has 0 bridgehead atoms. The van der Waals surface area contributed by atoms with Crippen molar-refractivity contribution in [1.29, 1.82) is 5.26 Å². The molecule has 2 heterocycles. The largest absolute Gasteiger partial charge is 0.451 e. The van der Waals surface area contributed by atoms with E-state index in [1.807, 2.05) is 66.7 Å². The number of amides is 2. The highest BCUT2D eigenvalue weighted by molar-refractivity contribution is 8.00. The molecule has 3 aromatic rings. The molecule has 3 aromatic carbocycles. The first-order valence-corrected chi connectivity index (χ1v) is 13.2. The Balaban J connectivity index is 1.33. The molecule has 0 aromatic heterocycles. The minimum Gasteiger partial charge on any atom is -0.451 e. The third-order valence-electron chi connectivity index (χ3n) is 6.67. The predicted octanol–water partition coefficient (Wildman–Crippen LogP) is 3.95. The summed E-state index contributed by atoms with van der Waals surface area (Å²) in [6.07, 6.45) is -0.653. The molecular weight excluding hydrogens is 498 g/mol. The van der Waals surface area contributed by atoms with Gasteiger partial charge >= 0.3 is 5.97 Å². The molecule has 190 valence electrons. The van der Waals surface area contributed by atoms with E-state index < -0.39 is 47.3 Å². The summed E-state index contributed by atoms with van der Waals surface area (Å²) in [5.74, 6) is -2.13. The Morgan fingerprint density at radius 1 is 0.947 bits per heavy atom. The Hall–Kier alpha value is -4.35. The van der Waals surface area contributed by atoms with Crippen molar-refractivity contribution in [2.24, 2.45) is 0 Å². The molecule has 2 aliphatic heterocycles. The fourth-order valence-corrected chi connectivity index (χ4v) is 6.06. The number of hydrogen-bond donors (Lipinski definition) is 1. The first kappa shape index (κ1) is 25.3. The van der Waals surface area contributed by atoms with Crippen LogP contribution >= 0.6 is 11.8 Å². The molecule has 38 heavy (non-hydrogen) atoms. The minimum atomic E-state index is -1.04. The number of ether oxygens (including phenoxy) is 1. The van der Waals surface area contributed by atoms with Gasteiger partial charge in [-0.05, 0) is 22.3 Å². The fourth-order valence-electron chi connectivity index (χ4n) is 4.75. The number of β-lactam (4-membered cyclic amide) rings is 1. The molecule has 2 saturated heterocycles. The zero-order valence-electron chi connectivity index (χ0n) is 20.4. The van der Waals surface area contributed by atoms with E-state index in [1.165, 1.54) is 16.7 Å². The topological polar surface area (TPSA) is 99.5 Å². The molecule has 0 saturated carbocycles. The molecular formula is C30H25N3O4S. The maximum absolute atomic E-state index is 13.6. The number of carbonyl (C=O) groups is 3. The summed E-state index contributed by atoms with van der Waals surface area (Å²) in [6.45, 7) is 4.04. The SMILES string of the molecule is C=C1CS[C@H]2[C@H](NC(=O)C(C#N)c3ccccc3)C(=O)N2[C@H]1C(=O)OC(c1ccccc1)c1ccccc1. The van der Waals surface area contributed by atoms with E-state index in [9.17, 15) is 19.6 Å². The maximum Gasteiger partial charge on any atom is 0.334 e. The van der Waals surface area contributed by atoms with Gasteiger partial charge in [-0.3, -0.25) is 9.59 Å². The molecule has 7 nitrogen and oxygen atoms in total. The predicted molar refractivity (Wildman–Crippen MR) is 144 cm³/mol. The second kappa shape index (κ2) is 11.0. The number of rotatable bonds is 7. The quantitative estimate of drug-likeness (QED) is 0.286. The van der Waals surface area contributed by atoms with Gasteiger partial charge in [0.1, 0.15) is 17.3 Å².